The molecule has 0 radical (unpaired) electrons. The van der Waals surface area contributed by atoms with Gasteiger partial charge in [-0.15, -0.1) is 0 Å². The van der Waals surface area contributed by atoms with Gasteiger partial charge in [0.1, 0.15) is 6.35 Å². The molecule has 0 saturated heterocycles. The Labute approximate surface area is 141 Å². The summed E-state index contributed by atoms with van der Waals surface area (Å²) in [5, 5.41) is 15.8. The predicted octanol–water partition coefficient (Wildman–Crippen LogP) is 1.96. The first kappa shape index (κ1) is 23.0. The Morgan fingerprint density at radius 3 is 1.91 bits per heavy atom. The Morgan fingerprint density at radius 1 is 0.957 bits per heavy atom. The molecular weight excluding hydrogens is 319 g/mol. The van der Waals surface area contributed by atoms with E-state index in [1.165, 1.54) is 0 Å². The van der Waals surface area contributed by atoms with Gasteiger partial charge in [0.25, 0.3) is 0 Å². The molecule has 0 aromatic heterocycles. The maximum atomic E-state index is 12.3. The van der Waals surface area contributed by atoms with E-state index in [2.05, 4.69) is 17.6 Å². The van der Waals surface area contributed by atoms with Crippen LogP contribution in [0, 0.1) is 0 Å². The van der Waals surface area contributed by atoms with Crippen LogP contribution in [-0.4, -0.2) is 63.1 Å². The summed E-state index contributed by atoms with van der Waals surface area (Å²) in [7, 11) is -3.13. The monoisotopic (exact) mass is 354 g/mol. The van der Waals surface area contributed by atoms with E-state index in [1.54, 1.807) is 13.8 Å². The van der Waals surface area contributed by atoms with Gasteiger partial charge in [-0.3, -0.25) is 4.57 Å². The second kappa shape index (κ2) is 14.3. The molecule has 23 heavy (non-hydrogen) atoms. The lowest BCUT2D eigenvalue weighted by Crippen LogP contribution is -2.41. The van der Waals surface area contributed by atoms with E-state index in [1.807, 2.05) is 6.92 Å². The fraction of sp³-hybridized carbons (Fsp3) is 1.00. The summed E-state index contributed by atoms with van der Waals surface area (Å²) in [6.07, 6.45) is 1.79. The second-order valence-electron chi connectivity index (χ2n) is 5.25. The van der Waals surface area contributed by atoms with E-state index in [-0.39, 0.29) is 25.0 Å². The molecule has 0 heterocycles. The SMILES string of the molecule is CCOP(=O)(COC[C@H](CC)NCCN[C@@H](CC)CO)OCC. The molecular formula is C15H35N2O5P. The number of aliphatic hydroxyl groups is 1. The number of hydrogen-bond acceptors (Lipinski definition) is 7. The quantitative estimate of drug-likeness (QED) is 0.288. The Bertz CT molecular complexity index is 306. The highest BCUT2D eigenvalue weighted by Crippen LogP contribution is 2.47. The van der Waals surface area contributed by atoms with Crippen molar-refractivity contribution in [2.24, 2.45) is 0 Å². The van der Waals surface area contributed by atoms with Crippen molar-refractivity contribution in [1.82, 2.24) is 10.6 Å². The van der Waals surface area contributed by atoms with Crippen molar-refractivity contribution in [2.45, 2.75) is 52.6 Å². The molecule has 0 unspecified atom stereocenters. The van der Waals surface area contributed by atoms with E-state index in [9.17, 15) is 4.57 Å². The first-order chi connectivity index (χ1) is 11.0. The molecule has 3 N–H and O–H groups in total. The molecule has 0 aromatic rings. The first-order valence-electron chi connectivity index (χ1n) is 8.58. The number of rotatable bonds is 16. The molecule has 0 saturated carbocycles. The van der Waals surface area contributed by atoms with Gasteiger partial charge in [-0.1, -0.05) is 13.8 Å². The number of ether oxygens (including phenoxy) is 1. The minimum atomic E-state index is -3.13. The topological polar surface area (TPSA) is 89.1 Å². The lowest BCUT2D eigenvalue weighted by Gasteiger charge is -2.21. The Balaban J connectivity index is 3.98. The van der Waals surface area contributed by atoms with Crippen molar-refractivity contribution in [2.75, 3.05) is 45.9 Å². The molecule has 0 aliphatic heterocycles. The van der Waals surface area contributed by atoms with Crippen molar-refractivity contribution in [3.05, 3.63) is 0 Å². The van der Waals surface area contributed by atoms with Gasteiger partial charge in [-0.05, 0) is 26.7 Å². The summed E-state index contributed by atoms with van der Waals surface area (Å²) in [4.78, 5) is 0. The first-order valence-corrected chi connectivity index (χ1v) is 10.3. The summed E-state index contributed by atoms with van der Waals surface area (Å²) in [5.74, 6) is 0. The average molecular weight is 354 g/mol. The molecule has 2 atom stereocenters. The fourth-order valence-electron chi connectivity index (χ4n) is 2.02. The minimum absolute atomic E-state index is 0.0203. The normalized spacial score (nSPS) is 14.8. The van der Waals surface area contributed by atoms with Crippen LogP contribution >= 0.6 is 7.60 Å². The molecule has 0 aromatic carbocycles. The standard InChI is InChI=1S/C15H35N2O5P/c1-5-14(11-18)16-9-10-17-15(6-2)12-20-13-23(19,21-7-3)22-8-4/h14-18H,5-13H2,1-4H3/t14-,15-/m0/s1. The molecule has 0 fully saturated rings. The van der Waals surface area contributed by atoms with Crippen LogP contribution in [0.4, 0.5) is 0 Å². The Hall–Kier alpha value is -0.0100. The van der Waals surface area contributed by atoms with Crippen LogP contribution in [0.15, 0.2) is 0 Å². The maximum Gasteiger partial charge on any atom is 0.356 e. The van der Waals surface area contributed by atoms with Gasteiger partial charge in [0.2, 0.25) is 0 Å². The van der Waals surface area contributed by atoms with Crippen LogP contribution in [0.2, 0.25) is 0 Å². The lowest BCUT2D eigenvalue weighted by molar-refractivity contribution is 0.114. The summed E-state index contributed by atoms with van der Waals surface area (Å²) in [5.41, 5.74) is 0. The summed E-state index contributed by atoms with van der Waals surface area (Å²) in [6, 6.07) is 0.332. The van der Waals surface area contributed by atoms with Crippen LogP contribution in [0.1, 0.15) is 40.5 Å². The van der Waals surface area contributed by atoms with Gasteiger partial charge in [0.15, 0.2) is 0 Å². The highest BCUT2D eigenvalue weighted by atomic mass is 31.2. The number of hydrogen-bond donors (Lipinski definition) is 3. The van der Waals surface area contributed by atoms with E-state index < -0.39 is 7.60 Å². The number of aliphatic hydroxyl groups excluding tert-OH is 1. The van der Waals surface area contributed by atoms with E-state index >= 15 is 0 Å². The van der Waals surface area contributed by atoms with Crippen LogP contribution in [-0.2, 0) is 18.3 Å². The van der Waals surface area contributed by atoms with Crippen molar-refractivity contribution in [3.8, 4) is 0 Å². The zero-order chi connectivity index (χ0) is 17.6. The smallest absolute Gasteiger partial charge is 0.356 e. The molecule has 0 bridgehead atoms. The third-order valence-corrected chi connectivity index (χ3v) is 5.22. The van der Waals surface area contributed by atoms with Crippen molar-refractivity contribution in [3.63, 3.8) is 0 Å². The fourth-order valence-corrected chi connectivity index (χ4v) is 3.36. The third kappa shape index (κ3) is 11.2. The van der Waals surface area contributed by atoms with Crippen LogP contribution in [0.3, 0.4) is 0 Å². The van der Waals surface area contributed by atoms with Crippen LogP contribution < -0.4 is 10.6 Å². The average Bonchev–Trinajstić information content (AvgIpc) is 2.53. The molecule has 0 aliphatic rings. The minimum Gasteiger partial charge on any atom is -0.395 e. The maximum absolute atomic E-state index is 12.3. The highest BCUT2D eigenvalue weighted by molar-refractivity contribution is 7.53. The number of nitrogens with one attached hydrogen (secondary N) is 2. The largest absolute Gasteiger partial charge is 0.395 e. The van der Waals surface area contributed by atoms with Crippen LogP contribution in [0.25, 0.3) is 0 Å². The molecule has 0 spiro atoms. The van der Waals surface area contributed by atoms with Gasteiger partial charge >= 0.3 is 7.60 Å². The van der Waals surface area contributed by atoms with Crippen molar-refractivity contribution >= 4 is 7.60 Å². The molecule has 7 nitrogen and oxygen atoms in total. The Kier molecular flexibility index (Phi) is 14.3. The predicted molar refractivity (Wildman–Crippen MR) is 92.9 cm³/mol. The van der Waals surface area contributed by atoms with Crippen molar-refractivity contribution < 1.29 is 23.5 Å². The molecule has 8 heteroatoms. The highest BCUT2D eigenvalue weighted by Gasteiger charge is 2.24. The van der Waals surface area contributed by atoms with Gasteiger partial charge in [0.05, 0.1) is 26.4 Å². The molecule has 0 aliphatic carbocycles. The van der Waals surface area contributed by atoms with Gasteiger partial charge in [0, 0.05) is 25.2 Å². The second-order valence-corrected chi connectivity index (χ2v) is 7.24. The van der Waals surface area contributed by atoms with E-state index in [4.69, 9.17) is 18.9 Å². The Morgan fingerprint density at radius 2 is 1.48 bits per heavy atom. The van der Waals surface area contributed by atoms with Gasteiger partial charge < -0.3 is 29.5 Å². The zero-order valence-electron chi connectivity index (χ0n) is 15.0. The summed E-state index contributed by atoms with van der Waals surface area (Å²) >= 11 is 0. The third-order valence-electron chi connectivity index (χ3n) is 3.42. The van der Waals surface area contributed by atoms with Crippen LogP contribution in [0.5, 0.6) is 0 Å². The lowest BCUT2D eigenvalue weighted by atomic mass is 10.2. The summed E-state index contributed by atoms with van der Waals surface area (Å²) in [6.45, 7) is 10.5. The molecule has 140 valence electrons. The summed E-state index contributed by atoms with van der Waals surface area (Å²) < 4.78 is 28.2. The van der Waals surface area contributed by atoms with Gasteiger partial charge in [-0.2, -0.15) is 0 Å². The molecule has 0 rings (SSSR count). The van der Waals surface area contributed by atoms with E-state index in [0.29, 0.717) is 19.8 Å². The van der Waals surface area contributed by atoms with Gasteiger partial charge in [-0.25, -0.2) is 0 Å². The zero-order valence-corrected chi connectivity index (χ0v) is 15.9. The van der Waals surface area contributed by atoms with E-state index in [0.717, 1.165) is 25.9 Å². The van der Waals surface area contributed by atoms with Crippen molar-refractivity contribution in [1.29, 1.82) is 0 Å². The molecule has 0 amide bonds.